The summed E-state index contributed by atoms with van der Waals surface area (Å²) in [5.41, 5.74) is 1.60. The van der Waals surface area contributed by atoms with Crippen LogP contribution in [0, 0.1) is 5.82 Å². The third kappa shape index (κ3) is 3.41. The van der Waals surface area contributed by atoms with Crippen LogP contribution in [0.4, 0.5) is 15.8 Å². The Kier molecular flexibility index (Phi) is 4.40. The Labute approximate surface area is 138 Å². The molecule has 0 N–H and O–H groups in total. The van der Waals surface area contributed by atoms with E-state index in [4.69, 9.17) is 11.6 Å². The molecule has 0 aromatic heterocycles. The van der Waals surface area contributed by atoms with Gasteiger partial charge in [0.15, 0.2) is 0 Å². The molecule has 3 aromatic rings. The van der Waals surface area contributed by atoms with Crippen molar-refractivity contribution in [3.63, 3.8) is 0 Å². The highest BCUT2D eigenvalue weighted by Crippen LogP contribution is 2.29. The van der Waals surface area contributed by atoms with Gasteiger partial charge in [0, 0.05) is 16.3 Å². The highest BCUT2D eigenvalue weighted by Gasteiger charge is 2.20. The van der Waals surface area contributed by atoms with Crippen LogP contribution >= 0.6 is 11.6 Å². The smallest absolute Gasteiger partial charge is 0.262 e. The van der Waals surface area contributed by atoms with Crippen LogP contribution in [0.1, 0.15) is 10.4 Å². The number of anilines is 2. The lowest BCUT2D eigenvalue weighted by atomic mass is 10.1. The molecule has 3 aromatic carbocycles. The quantitative estimate of drug-likeness (QED) is 0.626. The van der Waals surface area contributed by atoms with Gasteiger partial charge in [-0.15, -0.1) is 0 Å². The van der Waals surface area contributed by atoms with Gasteiger partial charge in [0.05, 0.1) is 5.69 Å². The predicted molar refractivity (Wildman–Crippen MR) is 90.8 cm³/mol. The second kappa shape index (κ2) is 6.63. The second-order valence-electron chi connectivity index (χ2n) is 4.96. The van der Waals surface area contributed by atoms with E-state index < -0.39 is 5.82 Å². The maximum Gasteiger partial charge on any atom is 0.262 e. The zero-order valence-corrected chi connectivity index (χ0v) is 12.9. The summed E-state index contributed by atoms with van der Waals surface area (Å²) >= 11 is 5.92. The fraction of sp³-hybridized carbons (Fsp3) is 0. The minimum Gasteiger partial charge on any atom is -0.277 e. The fourth-order valence-electron chi connectivity index (χ4n) is 2.30. The highest BCUT2D eigenvalue weighted by molar-refractivity contribution is 6.30. The lowest BCUT2D eigenvalue weighted by Gasteiger charge is -2.23. The molecule has 3 rings (SSSR count). The van der Waals surface area contributed by atoms with Crippen molar-refractivity contribution in [1.82, 2.24) is 0 Å². The van der Waals surface area contributed by atoms with Crippen molar-refractivity contribution in [2.24, 2.45) is 0 Å². The Morgan fingerprint density at radius 2 is 1.52 bits per heavy atom. The monoisotopic (exact) mass is 325 g/mol. The largest absolute Gasteiger partial charge is 0.277 e. The molecule has 2 nitrogen and oxygen atoms in total. The third-order valence-corrected chi connectivity index (χ3v) is 3.63. The summed E-state index contributed by atoms with van der Waals surface area (Å²) in [4.78, 5) is 14.4. The first-order valence-electron chi connectivity index (χ1n) is 7.06. The Hall–Kier alpha value is -2.65. The van der Waals surface area contributed by atoms with Crippen LogP contribution in [0.5, 0.6) is 0 Å². The molecule has 114 valence electrons. The first-order valence-corrected chi connectivity index (χ1v) is 7.43. The van der Waals surface area contributed by atoms with Gasteiger partial charge < -0.3 is 0 Å². The SMILES string of the molecule is O=C(c1ccccc1)N(c1ccc(Cl)cc1)c1cccc(F)c1. The van der Waals surface area contributed by atoms with Crippen molar-refractivity contribution in [3.05, 3.63) is 95.3 Å². The average Bonchev–Trinajstić information content (AvgIpc) is 2.58. The van der Waals surface area contributed by atoms with Crippen LogP contribution < -0.4 is 4.90 Å². The average molecular weight is 326 g/mol. The normalized spacial score (nSPS) is 10.3. The van der Waals surface area contributed by atoms with Crippen molar-refractivity contribution in [3.8, 4) is 0 Å². The summed E-state index contributed by atoms with van der Waals surface area (Å²) in [6.45, 7) is 0. The second-order valence-corrected chi connectivity index (χ2v) is 5.40. The summed E-state index contributed by atoms with van der Waals surface area (Å²) < 4.78 is 13.6. The van der Waals surface area contributed by atoms with E-state index in [1.807, 2.05) is 6.07 Å². The molecule has 0 aliphatic rings. The van der Waals surface area contributed by atoms with Gasteiger partial charge in [-0.25, -0.2) is 4.39 Å². The highest BCUT2D eigenvalue weighted by atomic mass is 35.5. The van der Waals surface area contributed by atoms with Crippen molar-refractivity contribution in [2.45, 2.75) is 0 Å². The number of rotatable bonds is 3. The number of carbonyl (C=O) groups is 1. The molecule has 0 atom stereocenters. The first-order chi connectivity index (χ1) is 11.1. The molecule has 0 saturated heterocycles. The molecule has 0 radical (unpaired) electrons. The van der Waals surface area contributed by atoms with E-state index in [1.54, 1.807) is 60.7 Å². The number of amides is 1. The summed E-state index contributed by atoms with van der Waals surface area (Å²) in [5, 5.41) is 0.570. The molecule has 0 spiro atoms. The van der Waals surface area contributed by atoms with Gasteiger partial charge in [-0.05, 0) is 54.6 Å². The van der Waals surface area contributed by atoms with E-state index in [9.17, 15) is 9.18 Å². The van der Waals surface area contributed by atoms with Crippen LogP contribution in [0.25, 0.3) is 0 Å². The van der Waals surface area contributed by atoms with Crippen LogP contribution in [-0.4, -0.2) is 5.91 Å². The van der Waals surface area contributed by atoms with Gasteiger partial charge in [-0.2, -0.15) is 0 Å². The number of benzene rings is 3. The predicted octanol–water partition coefficient (Wildman–Crippen LogP) is 5.46. The first kappa shape index (κ1) is 15.3. The van der Waals surface area contributed by atoms with Crippen molar-refractivity contribution in [1.29, 1.82) is 0 Å². The molecule has 1 amide bonds. The van der Waals surface area contributed by atoms with E-state index in [0.29, 0.717) is 22.0 Å². The molecule has 0 saturated carbocycles. The van der Waals surface area contributed by atoms with Gasteiger partial charge in [-0.1, -0.05) is 35.9 Å². The van der Waals surface area contributed by atoms with Crippen molar-refractivity contribution in [2.75, 3.05) is 4.90 Å². The summed E-state index contributed by atoms with van der Waals surface area (Å²) in [5.74, 6) is -0.638. The fourth-order valence-corrected chi connectivity index (χ4v) is 2.42. The van der Waals surface area contributed by atoms with Crippen molar-refractivity contribution >= 4 is 28.9 Å². The molecule has 23 heavy (non-hydrogen) atoms. The van der Waals surface area contributed by atoms with Gasteiger partial charge in [0.25, 0.3) is 5.91 Å². The van der Waals surface area contributed by atoms with E-state index in [1.165, 1.54) is 17.0 Å². The summed E-state index contributed by atoms with van der Waals surface area (Å²) in [6, 6.07) is 21.7. The van der Waals surface area contributed by atoms with E-state index in [0.717, 1.165) is 0 Å². The molecular weight excluding hydrogens is 313 g/mol. The van der Waals surface area contributed by atoms with E-state index in [-0.39, 0.29) is 5.91 Å². The number of hydrogen-bond donors (Lipinski definition) is 0. The molecule has 0 fully saturated rings. The summed E-state index contributed by atoms with van der Waals surface area (Å²) in [7, 11) is 0. The van der Waals surface area contributed by atoms with E-state index in [2.05, 4.69) is 0 Å². The Balaban J connectivity index is 2.10. The lowest BCUT2D eigenvalue weighted by Crippen LogP contribution is -2.25. The lowest BCUT2D eigenvalue weighted by molar-refractivity contribution is 0.0999. The Bertz CT molecular complexity index is 818. The maximum atomic E-state index is 13.6. The van der Waals surface area contributed by atoms with Gasteiger partial charge in [0.1, 0.15) is 5.82 Å². The van der Waals surface area contributed by atoms with Gasteiger partial charge >= 0.3 is 0 Å². The van der Waals surface area contributed by atoms with Crippen LogP contribution in [0.2, 0.25) is 5.02 Å². The minimum atomic E-state index is -0.401. The van der Waals surface area contributed by atoms with Crippen LogP contribution in [0.3, 0.4) is 0 Å². The van der Waals surface area contributed by atoms with E-state index >= 15 is 0 Å². The standard InChI is InChI=1S/C19H13ClFNO/c20-15-9-11-17(12-10-15)22(18-8-4-7-16(21)13-18)19(23)14-5-2-1-3-6-14/h1-13H. The molecular formula is C19H13ClFNO. The molecule has 0 heterocycles. The Morgan fingerprint density at radius 3 is 2.17 bits per heavy atom. The van der Waals surface area contributed by atoms with Gasteiger partial charge in [0.2, 0.25) is 0 Å². The number of halogens is 2. The molecule has 0 aliphatic heterocycles. The molecule has 4 heteroatoms. The van der Waals surface area contributed by atoms with Gasteiger partial charge in [-0.3, -0.25) is 9.69 Å². The number of nitrogens with zero attached hydrogens (tertiary/aromatic N) is 1. The zero-order valence-electron chi connectivity index (χ0n) is 12.1. The molecule has 0 bridgehead atoms. The van der Waals surface area contributed by atoms with Crippen LogP contribution in [0.15, 0.2) is 78.9 Å². The van der Waals surface area contributed by atoms with Crippen LogP contribution in [-0.2, 0) is 0 Å². The topological polar surface area (TPSA) is 20.3 Å². The molecule has 0 aliphatic carbocycles. The Morgan fingerprint density at radius 1 is 0.826 bits per heavy atom. The summed E-state index contributed by atoms with van der Waals surface area (Å²) in [6.07, 6.45) is 0. The minimum absolute atomic E-state index is 0.237. The number of carbonyl (C=O) groups excluding carboxylic acids is 1. The molecule has 0 unspecified atom stereocenters. The van der Waals surface area contributed by atoms with Crippen molar-refractivity contribution < 1.29 is 9.18 Å². The number of hydrogen-bond acceptors (Lipinski definition) is 1. The third-order valence-electron chi connectivity index (χ3n) is 3.38. The maximum absolute atomic E-state index is 13.6. The zero-order chi connectivity index (χ0) is 16.2.